The van der Waals surface area contributed by atoms with Crippen molar-refractivity contribution in [3.63, 3.8) is 0 Å². The van der Waals surface area contributed by atoms with Gasteiger partial charge in [0.25, 0.3) is 0 Å². The highest BCUT2D eigenvalue weighted by atomic mass is 19.1. The molecule has 1 saturated carbocycles. The summed E-state index contributed by atoms with van der Waals surface area (Å²) in [7, 11) is 0. The van der Waals surface area contributed by atoms with Gasteiger partial charge in [0.1, 0.15) is 11.6 Å². The Morgan fingerprint density at radius 3 is 2.80 bits per heavy atom. The predicted octanol–water partition coefficient (Wildman–Crippen LogP) is 2.90. The molecule has 1 aromatic carbocycles. The summed E-state index contributed by atoms with van der Waals surface area (Å²) in [5, 5.41) is 10.8. The molecule has 0 aliphatic heterocycles. The molecular weight excluding hydrogens is 264 g/mol. The van der Waals surface area contributed by atoms with Gasteiger partial charge in [-0.2, -0.15) is 0 Å². The number of aryl methyl sites for hydroxylation is 1. The number of aromatic nitrogens is 2. The zero-order valence-corrected chi connectivity index (χ0v) is 11.1. The van der Waals surface area contributed by atoms with E-state index in [1.54, 1.807) is 6.92 Å². The van der Waals surface area contributed by atoms with Gasteiger partial charge in [0.05, 0.1) is 6.54 Å². The van der Waals surface area contributed by atoms with Crippen LogP contribution in [0.25, 0.3) is 0 Å². The molecular formula is C14H15F2N3O. The molecule has 0 bridgehead atoms. The molecule has 0 unspecified atom stereocenters. The number of halogens is 2. The molecule has 1 fully saturated rings. The first-order valence-corrected chi connectivity index (χ1v) is 6.61. The van der Waals surface area contributed by atoms with E-state index in [1.807, 2.05) is 0 Å². The molecule has 0 radical (unpaired) electrons. The third kappa shape index (κ3) is 2.85. The summed E-state index contributed by atoms with van der Waals surface area (Å²) in [4.78, 5) is 0. The third-order valence-corrected chi connectivity index (χ3v) is 3.43. The number of nitrogens with zero attached hydrogens (tertiary/aromatic N) is 2. The summed E-state index contributed by atoms with van der Waals surface area (Å²) in [5.74, 6) is 0.446. The Kier molecular flexibility index (Phi) is 3.48. The Balaban J connectivity index is 1.77. The monoisotopic (exact) mass is 279 g/mol. The van der Waals surface area contributed by atoms with Crippen LogP contribution in [-0.2, 0) is 6.54 Å². The quantitative estimate of drug-likeness (QED) is 0.914. The zero-order valence-electron chi connectivity index (χ0n) is 11.1. The van der Waals surface area contributed by atoms with Gasteiger partial charge in [-0.1, -0.05) is 0 Å². The second-order valence-electron chi connectivity index (χ2n) is 5.08. The molecule has 0 spiro atoms. The van der Waals surface area contributed by atoms with Gasteiger partial charge in [0, 0.05) is 18.5 Å². The van der Waals surface area contributed by atoms with E-state index in [2.05, 4.69) is 15.5 Å². The van der Waals surface area contributed by atoms with Crippen LogP contribution < -0.4 is 5.32 Å². The Bertz CT molecular complexity index is 610. The number of hydrogen-bond acceptors (Lipinski definition) is 4. The molecule has 0 amide bonds. The number of hydrogen-bond donors (Lipinski definition) is 1. The first kappa shape index (κ1) is 13.2. The Hall–Kier alpha value is -1.82. The van der Waals surface area contributed by atoms with Crippen LogP contribution in [0.4, 0.5) is 8.78 Å². The first-order chi connectivity index (χ1) is 9.63. The summed E-state index contributed by atoms with van der Waals surface area (Å²) >= 11 is 0. The normalized spacial score (nSPS) is 16.4. The maximum absolute atomic E-state index is 13.9. The van der Waals surface area contributed by atoms with E-state index < -0.39 is 11.6 Å². The van der Waals surface area contributed by atoms with Crippen molar-refractivity contribution >= 4 is 0 Å². The van der Waals surface area contributed by atoms with Gasteiger partial charge in [-0.05, 0) is 37.0 Å². The predicted molar refractivity (Wildman–Crippen MR) is 67.7 cm³/mol. The Labute approximate surface area is 115 Å². The van der Waals surface area contributed by atoms with Gasteiger partial charge in [-0.15, -0.1) is 10.2 Å². The second-order valence-corrected chi connectivity index (χ2v) is 5.08. The Morgan fingerprint density at radius 2 is 2.15 bits per heavy atom. The fraction of sp³-hybridized carbons (Fsp3) is 0.429. The van der Waals surface area contributed by atoms with E-state index in [1.165, 1.54) is 12.1 Å². The number of benzene rings is 1. The number of nitrogens with one attached hydrogen (secondary N) is 1. The molecule has 1 atom stereocenters. The number of rotatable bonds is 5. The third-order valence-electron chi connectivity index (χ3n) is 3.43. The lowest BCUT2D eigenvalue weighted by atomic mass is 10.0. The van der Waals surface area contributed by atoms with Gasteiger partial charge >= 0.3 is 0 Å². The molecule has 1 aliphatic rings. The van der Waals surface area contributed by atoms with Crippen LogP contribution in [0.1, 0.15) is 36.2 Å². The largest absolute Gasteiger partial charge is 0.424 e. The highest BCUT2D eigenvalue weighted by Crippen LogP contribution is 2.42. The van der Waals surface area contributed by atoms with Gasteiger partial charge in [-0.25, -0.2) is 8.78 Å². The van der Waals surface area contributed by atoms with Crippen molar-refractivity contribution in [1.82, 2.24) is 15.5 Å². The fourth-order valence-corrected chi connectivity index (χ4v) is 2.32. The van der Waals surface area contributed by atoms with Crippen molar-refractivity contribution in [2.24, 2.45) is 5.92 Å². The fourth-order valence-electron chi connectivity index (χ4n) is 2.32. The van der Waals surface area contributed by atoms with E-state index in [9.17, 15) is 8.78 Å². The van der Waals surface area contributed by atoms with Crippen LogP contribution in [-0.4, -0.2) is 10.2 Å². The molecule has 1 heterocycles. The van der Waals surface area contributed by atoms with E-state index in [0.29, 0.717) is 29.8 Å². The molecule has 1 N–H and O–H groups in total. The van der Waals surface area contributed by atoms with E-state index in [4.69, 9.17) is 4.42 Å². The maximum atomic E-state index is 13.9. The van der Waals surface area contributed by atoms with Gasteiger partial charge in [0.15, 0.2) is 0 Å². The van der Waals surface area contributed by atoms with Crippen molar-refractivity contribution in [3.8, 4) is 0 Å². The Morgan fingerprint density at radius 1 is 1.35 bits per heavy atom. The minimum absolute atomic E-state index is 0.224. The van der Waals surface area contributed by atoms with Crippen molar-refractivity contribution < 1.29 is 13.2 Å². The van der Waals surface area contributed by atoms with Crippen molar-refractivity contribution in [1.29, 1.82) is 0 Å². The van der Waals surface area contributed by atoms with E-state index in [0.717, 1.165) is 18.9 Å². The highest BCUT2D eigenvalue weighted by Gasteiger charge is 2.34. The van der Waals surface area contributed by atoms with Crippen LogP contribution in [0, 0.1) is 24.5 Å². The van der Waals surface area contributed by atoms with Crippen molar-refractivity contribution in [2.75, 3.05) is 0 Å². The van der Waals surface area contributed by atoms with E-state index >= 15 is 0 Å². The molecule has 2 aromatic rings. The lowest BCUT2D eigenvalue weighted by molar-refractivity contribution is 0.397. The van der Waals surface area contributed by atoms with Crippen molar-refractivity contribution in [2.45, 2.75) is 32.4 Å². The van der Waals surface area contributed by atoms with Crippen LogP contribution in [0.3, 0.4) is 0 Å². The molecule has 6 heteroatoms. The summed E-state index contributed by atoms with van der Waals surface area (Å²) in [6, 6.07) is 3.32. The summed E-state index contributed by atoms with van der Waals surface area (Å²) < 4.78 is 32.5. The molecule has 1 aromatic heterocycles. The lowest BCUT2D eigenvalue weighted by Crippen LogP contribution is -2.24. The maximum Gasteiger partial charge on any atom is 0.230 e. The lowest BCUT2D eigenvalue weighted by Gasteiger charge is -2.18. The molecule has 1 aliphatic carbocycles. The van der Waals surface area contributed by atoms with E-state index in [-0.39, 0.29) is 6.04 Å². The van der Waals surface area contributed by atoms with Gasteiger partial charge in [-0.3, -0.25) is 0 Å². The average Bonchev–Trinajstić information content (AvgIpc) is 3.17. The SMILES string of the molecule is Cc1nnc(CN[C@H](c2cc(F)ccc2F)C2CC2)o1. The van der Waals surface area contributed by atoms with Crippen LogP contribution in [0.15, 0.2) is 22.6 Å². The molecule has 4 nitrogen and oxygen atoms in total. The smallest absolute Gasteiger partial charge is 0.230 e. The van der Waals surface area contributed by atoms with Crippen LogP contribution in [0.5, 0.6) is 0 Å². The molecule has 20 heavy (non-hydrogen) atoms. The topological polar surface area (TPSA) is 51.0 Å². The van der Waals surface area contributed by atoms with Gasteiger partial charge in [0.2, 0.25) is 11.8 Å². The zero-order chi connectivity index (χ0) is 14.1. The summed E-state index contributed by atoms with van der Waals surface area (Å²) in [6.45, 7) is 2.05. The summed E-state index contributed by atoms with van der Waals surface area (Å²) in [6.07, 6.45) is 2.02. The minimum Gasteiger partial charge on any atom is -0.424 e. The molecule has 106 valence electrons. The van der Waals surface area contributed by atoms with Crippen LogP contribution >= 0.6 is 0 Å². The highest BCUT2D eigenvalue weighted by molar-refractivity contribution is 5.24. The standard InChI is InChI=1S/C14H15F2N3O/c1-8-18-19-13(20-8)7-17-14(9-2-3-9)11-6-10(15)4-5-12(11)16/h4-6,9,14,17H,2-3,7H2,1H3/t14-/m0/s1. The molecule has 0 saturated heterocycles. The summed E-state index contributed by atoms with van der Waals surface area (Å²) in [5.41, 5.74) is 0.365. The molecule has 3 rings (SSSR count). The first-order valence-electron chi connectivity index (χ1n) is 6.61. The average molecular weight is 279 g/mol. The van der Waals surface area contributed by atoms with Gasteiger partial charge < -0.3 is 9.73 Å². The second kappa shape index (κ2) is 5.28. The van der Waals surface area contributed by atoms with Crippen LogP contribution in [0.2, 0.25) is 0 Å². The van der Waals surface area contributed by atoms with Crippen molar-refractivity contribution in [3.05, 3.63) is 47.2 Å². The minimum atomic E-state index is -0.428.